The monoisotopic (exact) mass is 393 g/mol. The lowest BCUT2D eigenvalue weighted by Crippen LogP contribution is -2.09. The number of nitriles is 1. The summed E-state index contributed by atoms with van der Waals surface area (Å²) in [6.07, 6.45) is 0.195. The van der Waals surface area contributed by atoms with Crippen molar-refractivity contribution >= 4 is 44.5 Å². The van der Waals surface area contributed by atoms with Gasteiger partial charge < -0.3 is 4.74 Å². The number of carbonyl (C=O) groups excluding carboxylic acids is 1. The summed E-state index contributed by atoms with van der Waals surface area (Å²) in [6.45, 7) is 2.14. The highest BCUT2D eigenvalue weighted by Gasteiger charge is 2.11. The SMILES string of the molecule is CCOC(=O)Cc1cc(Br)cc(C#N)c1I. The van der Waals surface area contributed by atoms with E-state index in [2.05, 4.69) is 44.6 Å². The standard InChI is InChI=1S/C11H9BrINO2/c1-2-16-10(15)5-7-3-9(12)4-8(6-14)11(7)13/h3-4H,2,5H2,1H3. The van der Waals surface area contributed by atoms with Crippen LogP contribution in [0.5, 0.6) is 0 Å². The molecule has 0 unspecified atom stereocenters. The third-order valence-corrected chi connectivity index (χ3v) is 3.61. The molecule has 0 aliphatic rings. The predicted molar refractivity (Wildman–Crippen MR) is 71.9 cm³/mol. The maximum absolute atomic E-state index is 11.4. The molecule has 0 radical (unpaired) electrons. The Hall–Kier alpha value is -0.610. The summed E-state index contributed by atoms with van der Waals surface area (Å²) >= 11 is 5.38. The molecule has 3 nitrogen and oxygen atoms in total. The average molecular weight is 394 g/mol. The number of benzene rings is 1. The Labute approximate surface area is 116 Å². The molecule has 0 saturated carbocycles. The number of hydrogen-bond acceptors (Lipinski definition) is 3. The number of carbonyl (C=O) groups is 1. The van der Waals surface area contributed by atoms with E-state index >= 15 is 0 Å². The van der Waals surface area contributed by atoms with Crippen LogP contribution < -0.4 is 0 Å². The molecule has 0 aliphatic carbocycles. The molecular weight excluding hydrogens is 385 g/mol. The number of esters is 1. The quantitative estimate of drug-likeness (QED) is 0.585. The average Bonchev–Trinajstić information content (AvgIpc) is 2.23. The fraction of sp³-hybridized carbons (Fsp3) is 0.273. The predicted octanol–water partition coefficient (Wildman–Crippen LogP) is 3.03. The summed E-state index contributed by atoms with van der Waals surface area (Å²) in [5.74, 6) is -0.276. The smallest absolute Gasteiger partial charge is 0.310 e. The van der Waals surface area contributed by atoms with Crippen LogP contribution in [0.4, 0.5) is 0 Å². The van der Waals surface area contributed by atoms with Crippen LogP contribution in [0, 0.1) is 14.9 Å². The topological polar surface area (TPSA) is 50.1 Å². The van der Waals surface area contributed by atoms with E-state index in [0.29, 0.717) is 12.2 Å². The number of halogens is 2. The van der Waals surface area contributed by atoms with Crippen molar-refractivity contribution < 1.29 is 9.53 Å². The van der Waals surface area contributed by atoms with E-state index in [4.69, 9.17) is 10.00 Å². The van der Waals surface area contributed by atoms with Gasteiger partial charge in [-0.3, -0.25) is 4.79 Å². The van der Waals surface area contributed by atoms with Crippen molar-refractivity contribution in [1.29, 1.82) is 5.26 Å². The zero-order valence-electron chi connectivity index (χ0n) is 8.59. The minimum atomic E-state index is -0.276. The summed E-state index contributed by atoms with van der Waals surface area (Å²) in [4.78, 5) is 11.4. The van der Waals surface area contributed by atoms with Gasteiger partial charge in [0, 0.05) is 8.04 Å². The largest absolute Gasteiger partial charge is 0.466 e. The Morgan fingerprint density at radius 2 is 2.31 bits per heavy atom. The van der Waals surface area contributed by atoms with Gasteiger partial charge in [0.2, 0.25) is 0 Å². The lowest BCUT2D eigenvalue weighted by Gasteiger charge is -2.06. The maximum Gasteiger partial charge on any atom is 0.310 e. The number of hydrogen-bond donors (Lipinski definition) is 0. The normalized spacial score (nSPS) is 9.62. The van der Waals surface area contributed by atoms with Gasteiger partial charge in [0.05, 0.1) is 18.6 Å². The first kappa shape index (κ1) is 13.5. The molecule has 0 spiro atoms. The number of ether oxygens (including phenoxy) is 1. The van der Waals surface area contributed by atoms with Crippen molar-refractivity contribution in [3.63, 3.8) is 0 Å². The van der Waals surface area contributed by atoms with Crippen molar-refractivity contribution in [2.45, 2.75) is 13.3 Å². The Kier molecular flexibility index (Phi) is 5.22. The molecule has 5 heteroatoms. The van der Waals surface area contributed by atoms with Crippen LogP contribution in [0.3, 0.4) is 0 Å². The van der Waals surface area contributed by atoms with Crippen molar-refractivity contribution in [1.82, 2.24) is 0 Å². The van der Waals surface area contributed by atoms with Crippen LogP contribution in [0.2, 0.25) is 0 Å². The summed E-state index contributed by atoms with van der Waals surface area (Å²) in [6, 6.07) is 5.66. The van der Waals surface area contributed by atoms with Gasteiger partial charge in [-0.2, -0.15) is 5.26 Å². The van der Waals surface area contributed by atoms with E-state index in [1.54, 1.807) is 13.0 Å². The summed E-state index contributed by atoms with van der Waals surface area (Å²) in [7, 11) is 0. The molecule has 0 atom stereocenters. The molecule has 16 heavy (non-hydrogen) atoms. The molecule has 1 aromatic rings. The zero-order chi connectivity index (χ0) is 12.1. The minimum absolute atomic E-state index is 0.195. The highest BCUT2D eigenvalue weighted by atomic mass is 127. The van der Waals surface area contributed by atoms with Gasteiger partial charge in [-0.05, 0) is 47.2 Å². The molecule has 1 rings (SSSR count). The van der Waals surface area contributed by atoms with Crippen LogP contribution in [0.15, 0.2) is 16.6 Å². The fourth-order valence-electron chi connectivity index (χ4n) is 1.22. The number of nitrogens with zero attached hydrogens (tertiary/aromatic N) is 1. The van der Waals surface area contributed by atoms with E-state index in [-0.39, 0.29) is 12.4 Å². The molecule has 0 bridgehead atoms. The summed E-state index contributed by atoms with van der Waals surface area (Å²) in [5.41, 5.74) is 1.37. The first-order valence-corrected chi connectivity index (χ1v) is 6.49. The van der Waals surface area contributed by atoms with Gasteiger partial charge >= 0.3 is 5.97 Å². The third kappa shape index (κ3) is 3.46. The molecule has 0 aromatic heterocycles. The Morgan fingerprint density at radius 1 is 1.62 bits per heavy atom. The van der Waals surface area contributed by atoms with Gasteiger partial charge in [-0.15, -0.1) is 0 Å². The van der Waals surface area contributed by atoms with Gasteiger partial charge in [-0.25, -0.2) is 0 Å². The molecule has 1 aromatic carbocycles. The van der Waals surface area contributed by atoms with Crippen molar-refractivity contribution in [2.24, 2.45) is 0 Å². The van der Waals surface area contributed by atoms with Gasteiger partial charge in [0.1, 0.15) is 6.07 Å². The summed E-state index contributed by atoms with van der Waals surface area (Å²) in [5, 5.41) is 8.91. The fourth-order valence-corrected chi connectivity index (χ4v) is 2.35. The van der Waals surface area contributed by atoms with Crippen LogP contribution in [0.1, 0.15) is 18.1 Å². The molecule has 0 aliphatic heterocycles. The Bertz CT molecular complexity index is 454. The highest BCUT2D eigenvalue weighted by Crippen LogP contribution is 2.23. The van der Waals surface area contributed by atoms with Crippen LogP contribution in [-0.4, -0.2) is 12.6 Å². The van der Waals surface area contributed by atoms with Crippen molar-refractivity contribution in [3.05, 3.63) is 31.3 Å². The van der Waals surface area contributed by atoms with E-state index in [9.17, 15) is 4.79 Å². The third-order valence-electron chi connectivity index (χ3n) is 1.87. The first-order chi connectivity index (χ1) is 7.58. The second kappa shape index (κ2) is 6.21. The molecule has 0 saturated heterocycles. The van der Waals surface area contributed by atoms with Crippen molar-refractivity contribution in [3.8, 4) is 6.07 Å². The maximum atomic E-state index is 11.4. The Morgan fingerprint density at radius 3 is 2.88 bits per heavy atom. The second-order valence-corrected chi connectivity index (χ2v) is 5.01. The lowest BCUT2D eigenvalue weighted by atomic mass is 10.1. The molecule has 0 amide bonds. The van der Waals surface area contributed by atoms with Gasteiger partial charge in [0.15, 0.2) is 0 Å². The first-order valence-electron chi connectivity index (χ1n) is 4.62. The molecule has 84 valence electrons. The molecule has 0 fully saturated rings. The lowest BCUT2D eigenvalue weighted by molar-refractivity contribution is -0.142. The second-order valence-electron chi connectivity index (χ2n) is 3.02. The summed E-state index contributed by atoms with van der Waals surface area (Å²) < 4.78 is 6.47. The van der Waals surface area contributed by atoms with E-state index in [1.165, 1.54) is 0 Å². The van der Waals surface area contributed by atoms with Crippen LogP contribution >= 0.6 is 38.5 Å². The van der Waals surface area contributed by atoms with Gasteiger partial charge in [-0.1, -0.05) is 15.9 Å². The molecular formula is C11H9BrINO2. The zero-order valence-corrected chi connectivity index (χ0v) is 12.3. The van der Waals surface area contributed by atoms with E-state index < -0.39 is 0 Å². The van der Waals surface area contributed by atoms with E-state index in [0.717, 1.165) is 13.6 Å². The minimum Gasteiger partial charge on any atom is -0.466 e. The molecule has 0 heterocycles. The van der Waals surface area contributed by atoms with Gasteiger partial charge in [0.25, 0.3) is 0 Å². The molecule has 0 N–H and O–H groups in total. The highest BCUT2D eigenvalue weighted by molar-refractivity contribution is 14.1. The Balaban J connectivity index is 3.01. The van der Waals surface area contributed by atoms with E-state index in [1.807, 2.05) is 6.07 Å². The van der Waals surface area contributed by atoms with Crippen LogP contribution in [-0.2, 0) is 16.0 Å². The van der Waals surface area contributed by atoms with Crippen molar-refractivity contribution in [2.75, 3.05) is 6.61 Å². The number of rotatable bonds is 3. The van der Waals surface area contributed by atoms with Crippen LogP contribution in [0.25, 0.3) is 0 Å².